The molecule has 5 N–H and O–H groups in total. The van der Waals surface area contributed by atoms with Crippen molar-refractivity contribution in [3.8, 4) is 0 Å². The van der Waals surface area contributed by atoms with Crippen LogP contribution in [-0.4, -0.2) is 11.5 Å². The second kappa shape index (κ2) is 5.89. The van der Waals surface area contributed by atoms with Crippen molar-refractivity contribution in [2.45, 2.75) is 18.9 Å². The molecule has 1 heterocycles. The first kappa shape index (κ1) is 13.0. The van der Waals surface area contributed by atoms with Crippen LogP contribution in [0.3, 0.4) is 0 Å². The molecular formula is C12H18ClN3. The molecule has 0 unspecified atom stereocenters. The lowest BCUT2D eigenvalue weighted by Crippen LogP contribution is -2.12. The average Bonchev–Trinajstić information content (AvgIpc) is 2.72. The first-order valence-electron chi connectivity index (χ1n) is 5.34. The summed E-state index contributed by atoms with van der Waals surface area (Å²) >= 11 is 0. The molecule has 1 aromatic heterocycles. The van der Waals surface area contributed by atoms with E-state index in [2.05, 4.69) is 29.2 Å². The Labute approximate surface area is 102 Å². The largest absolute Gasteiger partial charge is 0.361 e. The maximum atomic E-state index is 6.07. The number of aromatic nitrogens is 1. The molecule has 3 nitrogen and oxygen atoms in total. The Hall–Kier alpha value is -1.03. The number of hydrogen-bond donors (Lipinski definition) is 3. The highest BCUT2D eigenvalue weighted by Crippen LogP contribution is 2.20. The second-order valence-electron chi connectivity index (χ2n) is 3.86. The van der Waals surface area contributed by atoms with Crippen LogP contribution in [0.4, 0.5) is 0 Å². The summed E-state index contributed by atoms with van der Waals surface area (Å²) in [4.78, 5) is 3.19. The van der Waals surface area contributed by atoms with Crippen LogP contribution in [0.1, 0.15) is 24.4 Å². The van der Waals surface area contributed by atoms with Crippen molar-refractivity contribution in [3.05, 3.63) is 36.0 Å². The van der Waals surface area contributed by atoms with Crippen molar-refractivity contribution < 1.29 is 0 Å². The smallest absolute Gasteiger partial charge is 0.0457 e. The Kier molecular flexibility index (Phi) is 4.80. The van der Waals surface area contributed by atoms with Crippen LogP contribution in [0.15, 0.2) is 30.5 Å². The van der Waals surface area contributed by atoms with E-state index in [4.69, 9.17) is 11.5 Å². The molecule has 2 aromatic rings. The van der Waals surface area contributed by atoms with Gasteiger partial charge in [-0.3, -0.25) is 0 Å². The Balaban J connectivity index is 0.00000128. The van der Waals surface area contributed by atoms with Gasteiger partial charge in [0.2, 0.25) is 0 Å². The number of halogens is 1. The molecule has 16 heavy (non-hydrogen) atoms. The first-order chi connectivity index (χ1) is 7.31. The van der Waals surface area contributed by atoms with E-state index < -0.39 is 0 Å². The number of fused-ring (bicyclic) bond motifs is 1. The minimum absolute atomic E-state index is 0. The zero-order valence-corrected chi connectivity index (χ0v) is 9.96. The minimum atomic E-state index is 0. The summed E-state index contributed by atoms with van der Waals surface area (Å²) in [7, 11) is 0. The second-order valence-corrected chi connectivity index (χ2v) is 3.86. The third-order valence-electron chi connectivity index (χ3n) is 2.73. The van der Waals surface area contributed by atoms with Crippen molar-refractivity contribution in [2.24, 2.45) is 11.5 Å². The quantitative estimate of drug-likeness (QED) is 0.767. The molecule has 0 aliphatic heterocycles. The number of rotatable bonds is 4. The average molecular weight is 240 g/mol. The molecule has 0 aliphatic rings. The molecule has 0 amide bonds. The van der Waals surface area contributed by atoms with E-state index in [9.17, 15) is 0 Å². The lowest BCUT2D eigenvalue weighted by Gasteiger charge is -2.11. The molecule has 0 fully saturated rings. The molecule has 4 heteroatoms. The van der Waals surface area contributed by atoms with Gasteiger partial charge in [0.05, 0.1) is 0 Å². The van der Waals surface area contributed by atoms with Crippen LogP contribution in [0.25, 0.3) is 10.9 Å². The first-order valence-corrected chi connectivity index (χ1v) is 5.34. The zero-order chi connectivity index (χ0) is 10.7. The van der Waals surface area contributed by atoms with Gasteiger partial charge in [-0.25, -0.2) is 0 Å². The summed E-state index contributed by atoms with van der Waals surface area (Å²) in [6, 6.07) is 8.48. The van der Waals surface area contributed by atoms with Gasteiger partial charge in [0.25, 0.3) is 0 Å². The molecule has 1 aromatic carbocycles. The third-order valence-corrected chi connectivity index (χ3v) is 2.73. The van der Waals surface area contributed by atoms with Gasteiger partial charge >= 0.3 is 0 Å². The topological polar surface area (TPSA) is 67.8 Å². The van der Waals surface area contributed by atoms with Crippen molar-refractivity contribution in [1.82, 2.24) is 4.98 Å². The fraction of sp³-hybridized carbons (Fsp3) is 0.333. The molecule has 0 bridgehead atoms. The maximum Gasteiger partial charge on any atom is 0.0457 e. The summed E-state index contributed by atoms with van der Waals surface area (Å²) in [6.45, 7) is 0.707. The van der Waals surface area contributed by atoms with Gasteiger partial charge in [-0.05, 0) is 42.5 Å². The summed E-state index contributed by atoms with van der Waals surface area (Å²) < 4.78 is 0. The highest BCUT2D eigenvalue weighted by atomic mass is 35.5. The lowest BCUT2D eigenvalue weighted by molar-refractivity contribution is 0.618. The Morgan fingerprint density at radius 2 is 2.06 bits per heavy atom. The minimum Gasteiger partial charge on any atom is -0.361 e. The van der Waals surface area contributed by atoms with E-state index in [0.717, 1.165) is 18.4 Å². The van der Waals surface area contributed by atoms with Crippen LogP contribution in [0.2, 0.25) is 0 Å². The van der Waals surface area contributed by atoms with E-state index >= 15 is 0 Å². The summed E-state index contributed by atoms with van der Waals surface area (Å²) in [5.41, 5.74) is 13.9. The number of hydrogen-bond acceptors (Lipinski definition) is 2. The van der Waals surface area contributed by atoms with E-state index in [1.54, 1.807) is 0 Å². The van der Waals surface area contributed by atoms with Crippen molar-refractivity contribution in [1.29, 1.82) is 0 Å². The fourth-order valence-electron chi connectivity index (χ4n) is 1.80. The molecule has 88 valence electrons. The van der Waals surface area contributed by atoms with Gasteiger partial charge < -0.3 is 16.5 Å². The summed E-state index contributed by atoms with van der Waals surface area (Å²) in [5.74, 6) is 0. The van der Waals surface area contributed by atoms with Crippen molar-refractivity contribution in [3.63, 3.8) is 0 Å². The zero-order valence-electron chi connectivity index (χ0n) is 9.15. The Morgan fingerprint density at radius 3 is 2.81 bits per heavy atom. The van der Waals surface area contributed by atoms with Crippen LogP contribution in [-0.2, 0) is 0 Å². The van der Waals surface area contributed by atoms with Gasteiger partial charge in [-0.15, -0.1) is 12.4 Å². The molecular weight excluding hydrogens is 222 g/mol. The Morgan fingerprint density at radius 1 is 1.25 bits per heavy atom. The summed E-state index contributed by atoms with van der Waals surface area (Å²) in [6.07, 6.45) is 3.87. The fourth-order valence-corrected chi connectivity index (χ4v) is 1.80. The van der Waals surface area contributed by atoms with Crippen LogP contribution in [0, 0.1) is 0 Å². The van der Waals surface area contributed by atoms with Crippen LogP contribution < -0.4 is 11.5 Å². The normalized spacial score (nSPS) is 12.4. The molecule has 0 radical (unpaired) electrons. The van der Waals surface area contributed by atoms with Gasteiger partial charge in [0, 0.05) is 17.8 Å². The summed E-state index contributed by atoms with van der Waals surface area (Å²) in [5, 5.41) is 1.23. The molecule has 1 atom stereocenters. The number of benzene rings is 1. The monoisotopic (exact) mass is 239 g/mol. The van der Waals surface area contributed by atoms with Gasteiger partial charge in [0.1, 0.15) is 0 Å². The number of nitrogens with two attached hydrogens (primary N) is 2. The molecule has 0 saturated carbocycles. The van der Waals surface area contributed by atoms with Crippen LogP contribution in [0.5, 0.6) is 0 Å². The van der Waals surface area contributed by atoms with E-state index in [1.807, 2.05) is 6.20 Å². The van der Waals surface area contributed by atoms with Gasteiger partial charge in [-0.1, -0.05) is 12.1 Å². The SMILES string of the molecule is Cl.NCCC[C@H](N)c1ccc2cc[nH]c2c1. The predicted molar refractivity (Wildman–Crippen MR) is 70.8 cm³/mol. The van der Waals surface area contributed by atoms with E-state index in [1.165, 1.54) is 10.9 Å². The van der Waals surface area contributed by atoms with Crippen molar-refractivity contribution in [2.75, 3.05) is 6.54 Å². The molecule has 0 spiro atoms. The number of aromatic amines is 1. The highest BCUT2D eigenvalue weighted by Gasteiger charge is 2.06. The van der Waals surface area contributed by atoms with E-state index in [0.29, 0.717) is 6.54 Å². The Bertz CT molecular complexity index is 439. The van der Waals surface area contributed by atoms with Gasteiger partial charge in [0.15, 0.2) is 0 Å². The third kappa shape index (κ3) is 2.76. The molecule has 2 rings (SSSR count). The standard InChI is InChI=1S/C12H17N3.ClH/c13-6-1-2-11(14)10-4-3-9-5-7-15-12(9)8-10;/h3-5,7-8,11,15H,1-2,6,13-14H2;1H/t11-;/m0./s1. The van der Waals surface area contributed by atoms with Crippen molar-refractivity contribution >= 4 is 23.3 Å². The van der Waals surface area contributed by atoms with Crippen LogP contribution >= 0.6 is 12.4 Å². The maximum absolute atomic E-state index is 6.07. The molecule has 0 aliphatic carbocycles. The highest BCUT2D eigenvalue weighted by molar-refractivity contribution is 5.85. The lowest BCUT2D eigenvalue weighted by atomic mass is 10.0. The number of H-pyrrole nitrogens is 1. The predicted octanol–water partition coefficient (Wildman–Crippen LogP) is 2.33. The molecule has 0 saturated heterocycles. The number of nitrogens with one attached hydrogen (secondary N) is 1. The van der Waals surface area contributed by atoms with E-state index in [-0.39, 0.29) is 18.4 Å². The van der Waals surface area contributed by atoms with Gasteiger partial charge in [-0.2, -0.15) is 0 Å².